The summed E-state index contributed by atoms with van der Waals surface area (Å²) in [7, 11) is 3.76. The Hall–Kier alpha value is -2.46. The number of carbonyl (C=O) groups is 3. The molecule has 2 N–H and O–H groups in total. The molecule has 1 aromatic heterocycles. The summed E-state index contributed by atoms with van der Waals surface area (Å²) < 4.78 is 1.51. The van der Waals surface area contributed by atoms with Crippen LogP contribution in [0.4, 0.5) is 0 Å². The zero-order chi connectivity index (χ0) is 23.6. The van der Waals surface area contributed by atoms with Crippen LogP contribution < -0.4 is 10.6 Å². The number of rotatable bonds is 6. The quantitative estimate of drug-likeness (QED) is 0.628. The molecule has 1 saturated carbocycles. The fourth-order valence-corrected chi connectivity index (χ4v) is 4.92. The van der Waals surface area contributed by atoms with Gasteiger partial charge in [0.25, 0.3) is 11.8 Å². The van der Waals surface area contributed by atoms with Gasteiger partial charge in [0, 0.05) is 58.4 Å². The van der Waals surface area contributed by atoms with Crippen LogP contribution in [0.5, 0.6) is 0 Å². The molecule has 0 bridgehead atoms. The first-order valence-corrected chi connectivity index (χ1v) is 12.1. The summed E-state index contributed by atoms with van der Waals surface area (Å²) >= 11 is 0. The van der Waals surface area contributed by atoms with Gasteiger partial charge in [0.1, 0.15) is 11.2 Å². The average Bonchev–Trinajstić information content (AvgIpc) is 3.23. The van der Waals surface area contributed by atoms with Crippen LogP contribution in [-0.4, -0.2) is 107 Å². The lowest BCUT2D eigenvalue weighted by molar-refractivity contribution is -0.133. The van der Waals surface area contributed by atoms with Crippen LogP contribution in [0.2, 0.25) is 0 Å². The molecule has 33 heavy (non-hydrogen) atoms. The summed E-state index contributed by atoms with van der Waals surface area (Å²) in [6.45, 7) is 7.35. The second-order valence-electron chi connectivity index (χ2n) is 9.92. The van der Waals surface area contributed by atoms with E-state index in [-0.39, 0.29) is 36.0 Å². The van der Waals surface area contributed by atoms with E-state index in [1.54, 1.807) is 14.0 Å². The molecule has 3 amide bonds. The molecule has 182 valence electrons. The van der Waals surface area contributed by atoms with Crippen LogP contribution in [0.1, 0.15) is 60.0 Å². The molecule has 0 radical (unpaired) electrons. The van der Waals surface area contributed by atoms with E-state index >= 15 is 0 Å². The molecule has 10 nitrogen and oxygen atoms in total. The highest BCUT2D eigenvalue weighted by atomic mass is 16.2. The highest BCUT2D eigenvalue weighted by Gasteiger charge is 2.46. The third-order valence-electron chi connectivity index (χ3n) is 7.47. The van der Waals surface area contributed by atoms with Crippen LogP contribution in [-0.2, 0) is 11.3 Å². The van der Waals surface area contributed by atoms with E-state index in [0.29, 0.717) is 12.2 Å². The van der Waals surface area contributed by atoms with Gasteiger partial charge in [-0.25, -0.2) is 0 Å². The number of fused-ring (bicyclic) bond motifs is 1. The van der Waals surface area contributed by atoms with Crippen LogP contribution in [0.3, 0.4) is 0 Å². The molecule has 1 aromatic rings. The Morgan fingerprint density at radius 2 is 1.82 bits per heavy atom. The van der Waals surface area contributed by atoms with Gasteiger partial charge in [-0.2, -0.15) is 5.10 Å². The molecule has 2 fully saturated rings. The summed E-state index contributed by atoms with van der Waals surface area (Å²) in [5.41, 5.74) is -0.505. The van der Waals surface area contributed by atoms with Crippen LogP contribution >= 0.6 is 0 Å². The second-order valence-corrected chi connectivity index (χ2v) is 9.92. The van der Waals surface area contributed by atoms with E-state index in [0.717, 1.165) is 58.4 Å². The number of nitrogens with one attached hydrogen (secondary N) is 2. The minimum absolute atomic E-state index is 0.159. The first-order chi connectivity index (χ1) is 15.8. The standard InChI is InChI=1S/C23H37N7O3/c1-23(22(33)25-17-7-5-4-6-8-17)16-30-19(21(32)28(23)3)15-18(26-30)20(31)24-9-10-29-13-11-27(2)12-14-29/h15,17H,4-14,16H2,1-3H3,(H,24,31)(H,25,33)/t23-/m0/s1. The highest BCUT2D eigenvalue weighted by Crippen LogP contribution is 2.27. The van der Waals surface area contributed by atoms with Crippen molar-refractivity contribution in [2.75, 3.05) is 53.4 Å². The van der Waals surface area contributed by atoms with Gasteiger partial charge in [-0.1, -0.05) is 19.3 Å². The zero-order valence-corrected chi connectivity index (χ0v) is 20.1. The number of hydrogen-bond donors (Lipinski definition) is 2. The van der Waals surface area contributed by atoms with E-state index in [4.69, 9.17) is 0 Å². The number of amides is 3. The summed E-state index contributed by atoms with van der Waals surface area (Å²) in [4.78, 5) is 45.0. The number of piperazine rings is 1. The normalized spacial score (nSPS) is 25.1. The Bertz CT molecular complexity index is 887. The summed E-state index contributed by atoms with van der Waals surface area (Å²) in [5.74, 6) is -0.758. The molecule has 0 unspecified atom stereocenters. The Labute approximate surface area is 195 Å². The van der Waals surface area contributed by atoms with Crippen molar-refractivity contribution >= 4 is 17.7 Å². The monoisotopic (exact) mass is 459 g/mol. The SMILES string of the molecule is CN1CCN(CCNC(=O)c2cc3n(n2)C[C@@](C)(C(=O)NC2CCCCC2)N(C)C3=O)CC1. The molecule has 0 spiro atoms. The van der Waals surface area contributed by atoms with Crippen molar-refractivity contribution < 1.29 is 14.4 Å². The van der Waals surface area contributed by atoms with Gasteiger partial charge >= 0.3 is 0 Å². The van der Waals surface area contributed by atoms with Crippen LogP contribution in [0.15, 0.2) is 6.07 Å². The van der Waals surface area contributed by atoms with E-state index in [2.05, 4.69) is 32.6 Å². The van der Waals surface area contributed by atoms with Gasteiger partial charge in [-0.05, 0) is 26.8 Å². The van der Waals surface area contributed by atoms with Gasteiger partial charge in [-0.3, -0.25) is 24.0 Å². The maximum Gasteiger partial charge on any atom is 0.272 e. The minimum atomic E-state index is -1.05. The molecule has 10 heteroatoms. The van der Waals surface area contributed by atoms with Crippen molar-refractivity contribution in [2.45, 2.75) is 57.2 Å². The summed E-state index contributed by atoms with van der Waals surface area (Å²) in [6, 6.07) is 1.69. The highest BCUT2D eigenvalue weighted by molar-refractivity contribution is 6.01. The number of hydrogen-bond acceptors (Lipinski definition) is 6. The van der Waals surface area contributed by atoms with E-state index in [9.17, 15) is 14.4 Å². The fraction of sp³-hybridized carbons (Fsp3) is 0.739. The molecule has 4 rings (SSSR count). The van der Waals surface area contributed by atoms with E-state index < -0.39 is 5.54 Å². The predicted molar refractivity (Wildman–Crippen MR) is 124 cm³/mol. The van der Waals surface area contributed by atoms with Crippen molar-refractivity contribution in [3.05, 3.63) is 17.5 Å². The third-order valence-corrected chi connectivity index (χ3v) is 7.47. The first-order valence-electron chi connectivity index (χ1n) is 12.1. The van der Waals surface area contributed by atoms with Crippen LogP contribution in [0.25, 0.3) is 0 Å². The van der Waals surface area contributed by atoms with Gasteiger partial charge in [0.2, 0.25) is 5.91 Å². The fourth-order valence-electron chi connectivity index (χ4n) is 4.92. The number of likely N-dealkylation sites (N-methyl/N-ethyl adjacent to an activating group) is 2. The molecular formula is C23H37N7O3. The molecule has 3 aliphatic rings. The smallest absolute Gasteiger partial charge is 0.272 e. The Morgan fingerprint density at radius 1 is 1.12 bits per heavy atom. The number of aromatic nitrogens is 2. The molecule has 1 aliphatic carbocycles. The van der Waals surface area contributed by atoms with Crippen molar-refractivity contribution in [1.82, 2.24) is 35.1 Å². The van der Waals surface area contributed by atoms with Crippen molar-refractivity contribution in [3.8, 4) is 0 Å². The molecular weight excluding hydrogens is 422 g/mol. The molecule has 3 heterocycles. The minimum Gasteiger partial charge on any atom is -0.351 e. The lowest BCUT2D eigenvalue weighted by Gasteiger charge is -2.41. The molecule has 1 atom stereocenters. The maximum absolute atomic E-state index is 13.2. The number of carbonyl (C=O) groups excluding carboxylic acids is 3. The largest absolute Gasteiger partial charge is 0.351 e. The van der Waals surface area contributed by atoms with Crippen molar-refractivity contribution in [1.29, 1.82) is 0 Å². The van der Waals surface area contributed by atoms with E-state index in [1.165, 1.54) is 22.1 Å². The van der Waals surface area contributed by atoms with Gasteiger partial charge < -0.3 is 20.4 Å². The van der Waals surface area contributed by atoms with Gasteiger partial charge in [0.05, 0.1) is 6.54 Å². The lowest BCUT2D eigenvalue weighted by Crippen LogP contribution is -2.63. The van der Waals surface area contributed by atoms with Crippen molar-refractivity contribution in [3.63, 3.8) is 0 Å². The summed E-state index contributed by atoms with van der Waals surface area (Å²) in [5, 5.41) is 10.4. The molecule has 1 saturated heterocycles. The Morgan fingerprint density at radius 3 is 2.52 bits per heavy atom. The maximum atomic E-state index is 13.2. The van der Waals surface area contributed by atoms with Gasteiger partial charge in [0.15, 0.2) is 5.69 Å². The number of nitrogens with zero attached hydrogens (tertiary/aromatic N) is 5. The summed E-state index contributed by atoms with van der Waals surface area (Å²) in [6.07, 6.45) is 5.40. The van der Waals surface area contributed by atoms with E-state index in [1.807, 2.05) is 0 Å². The third kappa shape index (κ3) is 5.06. The second kappa shape index (κ2) is 9.80. The van der Waals surface area contributed by atoms with Crippen molar-refractivity contribution in [2.24, 2.45) is 0 Å². The van der Waals surface area contributed by atoms with Crippen LogP contribution in [0, 0.1) is 0 Å². The average molecular weight is 460 g/mol. The van der Waals surface area contributed by atoms with Gasteiger partial charge in [-0.15, -0.1) is 0 Å². The molecule has 2 aliphatic heterocycles. The Kier molecular flexibility index (Phi) is 7.04. The molecule has 0 aromatic carbocycles. The Balaban J connectivity index is 1.38. The zero-order valence-electron chi connectivity index (χ0n) is 20.1. The first kappa shape index (κ1) is 23.7. The topological polar surface area (TPSA) is 103 Å². The lowest BCUT2D eigenvalue weighted by atomic mass is 9.92. The predicted octanol–water partition coefficient (Wildman–Crippen LogP) is 0.154.